The maximum absolute atomic E-state index is 12.8. The molecule has 2 aromatic rings. The van der Waals surface area contributed by atoms with Gasteiger partial charge in [0.25, 0.3) is 0 Å². The van der Waals surface area contributed by atoms with Crippen LogP contribution in [0.1, 0.15) is 25.2 Å². The number of amides is 1. The van der Waals surface area contributed by atoms with Gasteiger partial charge in [0.15, 0.2) is 0 Å². The molecule has 1 aliphatic rings. The van der Waals surface area contributed by atoms with Gasteiger partial charge >= 0.3 is 0 Å². The number of hydrogen-bond donors (Lipinski definition) is 0. The van der Waals surface area contributed by atoms with Crippen LogP contribution in [0.4, 0.5) is 0 Å². The molecule has 1 aromatic heterocycles. The van der Waals surface area contributed by atoms with Crippen molar-refractivity contribution in [2.45, 2.75) is 26.9 Å². The fourth-order valence-corrected chi connectivity index (χ4v) is 3.83. The van der Waals surface area contributed by atoms with Gasteiger partial charge in [-0.05, 0) is 17.7 Å². The summed E-state index contributed by atoms with van der Waals surface area (Å²) in [6, 6.07) is 5.49. The maximum Gasteiger partial charge on any atom is 0.225 e. The second kappa shape index (κ2) is 10.4. The SMILES string of the molecule is CC(C)C(=O)N(CCN1CCOCC1)Cc1nccn1Cc1ccc(Cl)cc1Cl. The molecule has 0 aliphatic carbocycles. The quantitative estimate of drug-likeness (QED) is 0.631. The Morgan fingerprint density at radius 1 is 1.28 bits per heavy atom. The van der Waals surface area contributed by atoms with E-state index in [-0.39, 0.29) is 11.8 Å². The lowest BCUT2D eigenvalue weighted by atomic mass is 10.2. The van der Waals surface area contributed by atoms with Crippen LogP contribution < -0.4 is 0 Å². The van der Waals surface area contributed by atoms with Gasteiger partial charge in [-0.2, -0.15) is 0 Å². The van der Waals surface area contributed by atoms with E-state index in [9.17, 15) is 4.79 Å². The molecule has 0 atom stereocenters. The summed E-state index contributed by atoms with van der Waals surface area (Å²) in [5, 5.41) is 1.24. The lowest BCUT2D eigenvalue weighted by Crippen LogP contribution is -2.44. The van der Waals surface area contributed by atoms with Crippen molar-refractivity contribution < 1.29 is 9.53 Å². The average Bonchev–Trinajstić information content (AvgIpc) is 3.14. The number of carbonyl (C=O) groups excluding carboxylic acids is 1. The number of carbonyl (C=O) groups is 1. The summed E-state index contributed by atoms with van der Waals surface area (Å²) in [7, 11) is 0. The number of aromatic nitrogens is 2. The van der Waals surface area contributed by atoms with E-state index in [1.165, 1.54) is 0 Å². The number of imidazole rings is 1. The predicted molar refractivity (Wildman–Crippen MR) is 115 cm³/mol. The molecule has 0 radical (unpaired) electrons. The van der Waals surface area contributed by atoms with E-state index >= 15 is 0 Å². The third-order valence-corrected chi connectivity index (χ3v) is 5.67. The Kier molecular flexibility index (Phi) is 7.95. The Labute approximate surface area is 182 Å². The van der Waals surface area contributed by atoms with Crippen LogP contribution in [0.2, 0.25) is 10.0 Å². The van der Waals surface area contributed by atoms with E-state index in [1.54, 1.807) is 12.3 Å². The Morgan fingerprint density at radius 3 is 2.72 bits per heavy atom. The summed E-state index contributed by atoms with van der Waals surface area (Å²) in [5.41, 5.74) is 0.963. The van der Waals surface area contributed by atoms with Crippen LogP contribution in [-0.4, -0.2) is 64.7 Å². The zero-order chi connectivity index (χ0) is 20.8. The number of ether oxygens (including phenoxy) is 1. The Morgan fingerprint density at radius 2 is 2.03 bits per heavy atom. The first-order valence-electron chi connectivity index (χ1n) is 9.97. The number of halogens is 2. The van der Waals surface area contributed by atoms with Gasteiger partial charge in [-0.1, -0.05) is 43.1 Å². The minimum atomic E-state index is -0.0613. The summed E-state index contributed by atoms with van der Waals surface area (Å²) < 4.78 is 7.44. The molecule has 0 spiro atoms. The Bertz CT molecular complexity index is 819. The molecule has 0 bridgehead atoms. The van der Waals surface area contributed by atoms with Crippen molar-refractivity contribution in [2.75, 3.05) is 39.4 Å². The van der Waals surface area contributed by atoms with Gasteiger partial charge in [0.1, 0.15) is 5.82 Å². The van der Waals surface area contributed by atoms with E-state index in [1.807, 2.05) is 41.6 Å². The average molecular weight is 439 g/mol. The molecule has 3 rings (SSSR count). The molecule has 1 fully saturated rings. The van der Waals surface area contributed by atoms with Crippen molar-refractivity contribution in [3.63, 3.8) is 0 Å². The highest BCUT2D eigenvalue weighted by molar-refractivity contribution is 6.35. The Hall–Kier alpha value is -1.60. The highest BCUT2D eigenvalue weighted by atomic mass is 35.5. The first kappa shape index (κ1) is 22.1. The fraction of sp³-hybridized carbons (Fsp3) is 0.524. The molecule has 1 aliphatic heterocycles. The molecule has 29 heavy (non-hydrogen) atoms. The second-order valence-corrected chi connectivity index (χ2v) is 8.42. The third kappa shape index (κ3) is 6.19. The second-order valence-electron chi connectivity index (χ2n) is 7.58. The van der Waals surface area contributed by atoms with Crippen LogP contribution in [0.3, 0.4) is 0 Å². The third-order valence-electron chi connectivity index (χ3n) is 5.09. The van der Waals surface area contributed by atoms with Crippen LogP contribution in [0.15, 0.2) is 30.6 Å². The molecule has 0 saturated carbocycles. The van der Waals surface area contributed by atoms with Crippen LogP contribution in [0.25, 0.3) is 0 Å². The molecular weight excluding hydrogens is 411 g/mol. The van der Waals surface area contributed by atoms with Gasteiger partial charge < -0.3 is 14.2 Å². The summed E-state index contributed by atoms with van der Waals surface area (Å²) in [4.78, 5) is 21.6. The van der Waals surface area contributed by atoms with Gasteiger partial charge in [-0.15, -0.1) is 0 Å². The summed E-state index contributed by atoms with van der Waals surface area (Å²) in [5.74, 6) is 0.915. The molecule has 8 heteroatoms. The molecule has 0 N–H and O–H groups in total. The number of rotatable bonds is 8. The monoisotopic (exact) mass is 438 g/mol. The van der Waals surface area contributed by atoms with E-state index in [4.69, 9.17) is 27.9 Å². The Balaban J connectivity index is 1.70. The number of nitrogens with zero attached hydrogens (tertiary/aromatic N) is 4. The van der Waals surface area contributed by atoms with Gasteiger partial charge in [0.05, 0.1) is 26.3 Å². The number of morpholine rings is 1. The fourth-order valence-electron chi connectivity index (χ4n) is 3.36. The highest BCUT2D eigenvalue weighted by Crippen LogP contribution is 2.22. The van der Waals surface area contributed by atoms with Crippen LogP contribution >= 0.6 is 23.2 Å². The predicted octanol–water partition coefficient (Wildman–Crippen LogP) is 3.56. The number of hydrogen-bond acceptors (Lipinski definition) is 4. The zero-order valence-corrected chi connectivity index (χ0v) is 18.5. The van der Waals surface area contributed by atoms with Crippen molar-refractivity contribution in [3.8, 4) is 0 Å². The molecule has 1 saturated heterocycles. The van der Waals surface area contributed by atoms with E-state index in [0.717, 1.165) is 44.2 Å². The molecule has 6 nitrogen and oxygen atoms in total. The lowest BCUT2D eigenvalue weighted by Gasteiger charge is -2.31. The van der Waals surface area contributed by atoms with Gasteiger partial charge in [0, 0.05) is 54.5 Å². The minimum absolute atomic E-state index is 0.0613. The lowest BCUT2D eigenvalue weighted by molar-refractivity contribution is -0.135. The van der Waals surface area contributed by atoms with Gasteiger partial charge in [-0.3, -0.25) is 9.69 Å². The van der Waals surface area contributed by atoms with Crippen molar-refractivity contribution in [2.24, 2.45) is 5.92 Å². The first-order chi connectivity index (χ1) is 13.9. The molecule has 158 valence electrons. The van der Waals surface area contributed by atoms with Crippen LogP contribution in [-0.2, 0) is 22.6 Å². The zero-order valence-electron chi connectivity index (χ0n) is 17.0. The van der Waals surface area contributed by atoms with Crippen LogP contribution in [0.5, 0.6) is 0 Å². The molecule has 2 heterocycles. The van der Waals surface area contributed by atoms with Crippen molar-refractivity contribution in [3.05, 3.63) is 52.0 Å². The van der Waals surface area contributed by atoms with Gasteiger partial charge in [-0.25, -0.2) is 4.98 Å². The topological polar surface area (TPSA) is 50.6 Å². The molecule has 0 unspecified atom stereocenters. The summed E-state index contributed by atoms with van der Waals surface area (Å²) >= 11 is 12.3. The maximum atomic E-state index is 12.8. The molecular formula is C21H28Cl2N4O2. The van der Waals surface area contributed by atoms with E-state index < -0.39 is 0 Å². The van der Waals surface area contributed by atoms with Crippen molar-refractivity contribution in [1.29, 1.82) is 0 Å². The molecule has 1 amide bonds. The summed E-state index contributed by atoms with van der Waals surface area (Å²) in [6.45, 7) is 9.76. The van der Waals surface area contributed by atoms with Crippen molar-refractivity contribution >= 4 is 29.1 Å². The molecule has 1 aromatic carbocycles. The highest BCUT2D eigenvalue weighted by Gasteiger charge is 2.21. The number of benzene rings is 1. The smallest absolute Gasteiger partial charge is 0.225 e. The van der Waals surface area contributed by atoms with Gasteiger partial charge in [0.2, 0.25) is 5.91 Å². The summed E-state index contributed by atoms with van der Waals surface area (Å²) in [6.07, 6.45) is 3.68. The standard InChI is InChI=1S/C21H28Cl2N4O2/c1-16(2)21(28)27(8-7-25-9-11-29-12-10-25)15-20-24-5-6-26(20)14-17-3-4-18(22)13-19(17)23/h3-6,13,16H,7-12,14-15H2,1-2H3. The van der Waals surface area contributed by atoms with E-state index in [0.29, 0.717) is 29.7 Å². The normalized spacial score (nSPS) is 15.1. The first-order valence-corrected chi connectivity index (χ1v) is 10.7. The van der Waals surface area contributed by atoms with E-state index in [2.05, 4.69) is 9.88 Å². The van der Waals surface area contributed by atoms with Crippen LogP contribution in [0, 0.1) is 5.92 Å². The largest absolute Gasteiger partial charge is 0.379 e. The minimum Gasteiger partial charge on any atom is -0.379 e. The van der Waals surface area contributed by atoms with Crippen molar-refractivity contribution in [1.82, 2.24) is 19.4 Å².